The van der Waals surface area contributed by atoms with E-state index < -0.39 is 0 Å². The highest BCUT2D eigenvalue weighted by atomic mass is 79.9. The molecule has 0 saturated carbocycles. The molecular formula is C20H17BrN2O2. The average Bonchev–Trinajstić information content (AvgIpc) is 2.65. The molecule has 126 valence electrons. The summed E-state index contributed by atoms with van der Waals surface area (Å²) in [4.78, 5) is 12.4. The Kier molecular flexibility index (Phi) is 5.36. The summed E-state index contributed by atoms with van der Waals surface area (Å²) in [5.41, 5.74) is 3.16. The van der Waals surface area contributed by atoms with Crippen LogP contribution in [0.4, 0.5) is 17.1 Å². The lowest BCUT2D eigenvalue weighted by Crippen LogP contribution is -2.13. The second-order valence-corrected chi connectivity index (χ2v) is 6.28. The van der Waals surface area contributed by atoms with E-state index in [2.05, 4.69) is 26.6 Å². The van der Waals surface area contributed by atoms with Crippen LogP contribution in [0.5, 0.6) is 5.75 Å². The molecule has 0 spiro atoms. The molecule has 3 aromatic carbocycles. The smallest absolute Gasteiger partial charge is 0.259 e. The average molecular weight is 397 g/mol. The van der Waals surface area contributed by atoms with E-state index >= 15 is 0 Å². The van der Waals surface area contributed by atoms with Crippen molar-refractivity contribution in [3.8, 4) is 5.75 Å². The van der Waals surface area contributed by atoms with Crippen LogP contribution in [-0.2, 0) is 0 Å². The molecule has 0 unspecified atom stereocenters. The lowest BCUT2D eigenvalue weighted by atomic mass is 10.2. The van der Waals surface area contributed by atoms with Crippen LogP contribution in [0.25, 0.3) is 0 Å². The molecular weight excluding hydrogens is 380 g/mol. The Morgan fingerprint density at radius 3 is 2.04 bits per heavy atom. The molecule has 4 nitrogen and oxygen atoms in total. The number of nitrogens with one attached hydrogen (secondary N) is 2. The van der Waals surface area contributed by atoms with Crippen molar-refractivity contribution in [3.05, 3.63) is 82.8 Å². The first kappa shape index (κ1) is 17.0. The summed E-state index contributed by atoms with van der Waals surface area (Å²) in [7, 11) is 1.55. The van der Waals surface area contributed by atoms with Crippen LogP contribution in [0.1, 0.15) is 10.4 Å². The third-order valence-corrected chi connectivity index (χ3v) is 4.16. The number of halogens is 1. The van der Waals surface area contributed by atoms with Gasteiger partial charge in [-0.25, -0.2) is 0 Å². The Balaban J connectivity index is 1.68. The van der Waals surface area contributed by atoms with E-state index in [1.54, 1.807) is 19.2 Å². The van der Waals surface area contributed by atoms with Crippen molar-refractivity contribution in [1.29, 1.82) is 0 Å². The molecule has 3 aromatic rings. The predicted molar refractivity (Wildman–Crippen MR) is 105 cm³/mol. The predicted octanol–water partition coefficient (Wildman–Crippen LogP) is 5.45. The maximum absolute atomic E-state index is 12.4. The van der Waals surface area contributed by atoms with E-state index in [1.165, 1.54) is 0 Å². The SMILES string of the molecule is COc1ccccc1C(=O)Nc1ccc(Nc2ccc(Br)cc2)cc1. The molecule has 0 bridgehead atoms. The van der Waals surface area contributed by atoms with Crippen LogP contribution >= 0.6 is 15.9 Å². The Bertz CT molecular complexity index is 862. The Labute approximate surface area is 155 Å². The fraction of sp³-hybridized carbons (Fsp3) is 0.0500. The van der Waals surface area contributed by atoms with Crippen LogP contribution in [0.2, 0.25) is 0 Å². The minimum Gasteiger partial charge on any atom is -0.496 e. The third-order valence-electron chi connectivity index (χ3n) is 3.63. The third kappa shape index (κ3) is 4.39. The summed E-state index contributed by atoms with van der Waals surface area (Å²) in [6.45, 7) is 0. The first-order chi connectivity index (χ1) is 12.2. The van der Waals surface area contributed by atoms with Gasteiger partial charge in [-0.1, -0.05) is 28.1 Å². The van der Waals surface area contributed by atoms with Gasteiger partial charge in [-0.3, -0.25) is 4.79 Å². The molecule has 2 N–H and O–H groups in total. The zero-order valence-electron chi connectivity index (χ0n) is 13.6. The highest BCUT2D eigenvalue weighted by Crippen LogP contribution is 2.22. The van der Waals surface area contributed by atoms with Crippen LogP contribution < -0.4 is 15.4 Å². The van der Waals surface area contributed by atoms with Gasteiger partial charge in [0.25, 0.3) is 5.91 Å². The molecule has 0 aliphatic carbocycles. The second kappa shape index (κ2) is 7.85. The zero-order chi connectivity index (χ0) is 17.6. The fourth-order valence-corrected chi connectivity index (χ4v) is 2.63. The number of carbonyl (C=O) groups excluding carboxylic acids is 1. The molecule has 0 aromatic heterocycles. The quantitative estimate of drug-likeness (QED) is 0.602. The van der Waals surface area contributed by atoms with Crippen LogP contribution in [-0.4, -0.2) is 13.0 Å². The van der Waals surface area contributed by atoms with Crippen molar-refractivity contribution < 1.29 is 9.53 Å². The van der Waals surface area contributed by atoms with Gasteiger partial charge in [0.15, 0.2) is 0 Å². The molecule has 0 aliphatic rings. The highest BCUT2D eigenvalue weighted by Gasteiger charge is 2.11. The van der Waals surface area contributed by atoms with Crippen molar-refractivity contribution in [2.24, 2.45) is 0 Å². The monoisotopic (exact) mass is 396 g/mol. The second-order valence-electron chi connectivity index (χ2n) is 5.36. The van der Waals surface area contributed by atoms with Gasteiger partial charge in [0, 0.05) is 21.5 Å². The van der Waals surface area contributed by atoms with Gasteiger partial charge in [-0.05, 0) is 60.7 Å². The Hall–Kier alpha value is -2.79. The van der Waals surface area contributed by atoms with Crippen molar-refractivity contribution in [3.63, 3.8) is 0 Å². The first-order valence-corrected chi connectivity index (χ1v) is 8.52. The topological polar surface area (TPSA) is 50.4 Å². The van der Waals surface area contributed by atoms with Crippen molar-refractivity contribution >= 4 is 38.9 Å². The lowest BCUT2D eigenvalue weighted by molar-refractivity contribution is 0.102. The van der Waals surface area contributed by atoms with Gasteiger partial charge in [-0.15, -0.1) is 0 Å². The van der Waals surface area contributed by atoms with Crippen molar-refractivity contribution in [1.82, 2.24) is 0 Å². The van der Waals surface area contributed by atoms with Gasteiger partial charge in [-0.2, -0.15) is 0 Å². The van der Waals surface area contributed by atoms with Gasteiger partial charge >= 0.3 is 0 Å². The van der Waals surface area contributed by atoms with Crippen LogP contribution in [0.3, 0.4) is 0 Å². The van der Waals surface area contributed by atoms with E-state index in [4.69, 9.17) is 4.74 Å². The number of benzene rings is 3. The number of anilines is 3. The van der Waals surface area contributed by atoms with Gasteiger partial charge in [0.05, 0.1) is 12.7 Å². The molecule has 0 radical (unpaired) electrons. The zero-order valence-corrected chi connectivity index (χ0v) is 15.2. The fourth-order valence-electron chi connectivity index (χ4n) is 2.37. The maximum Gasteiger partial charge on any atom is 0.259 e. The summed E-state index contributed by atoms with van der Waals surface area (Å²) < 4.78 is 6.26. The number of para-hydroxylation sites is 1. The molecule has 25 heavy (non-hydrogen) atoms. The normalized spacial score (nSPS) is 10.2. The number of hydrogen-bond acceptors (Lipinski definition) is 3. The standard InChI is InChI=1S/C20H17BrN2O2/c1-25-19-5-3-2-4-18(19)20(24)23-17-12-10-16(11-13-17)22-15-8-6-14(21)7-9-15/h2-13,22H,1H3,(H,23,24). The summed E-state index contributed by atoms with van der Waals surface area (Å²) in [5, 5.41) is 6.19. The van der Waals surface area contributed by atoms with E-state index in [1.807, 2.05) is 60.7 Å². The molecule has 0 fully saturated rings. The number of carbonyl (C=O) groups is 1. The lowest BCUT2D eigenvalue weighted by Gasteiger charge is -2.10. The van der Waals surface area contributed by atoms with Gasteiger partial charge in [0.2, 0.25) is 0 Å². The highest BCUT2D eigenvalue weighted by molar-refractivity contribution is 9.10. The molecule has 0 saturated heterocycles. The Morgan fingerprint density at radius 1 is 0.840 bits per heavy atom. The number of methoxy groups -OCH3 is 1. The minimum absolute atomic E-state index is 0.203. The van der Waals surface area contributed by atoms with E-state index in [-0.39, 0.29) is 5.91 Å². The summed E-state index contributed by atoms with van der Waals surface area (Å²) in [6.07, 6.45) is 0. The number of amides is 1. The summed E-state index contributed by atoms with van der Waals surface area (Å²) in [5.74, 6) is 0.347. The van der Waals surface area contributed by atoms with E-state index in [0.29, 0.717) is 11.3 Å². The van der Waals surface area contributed by atoms with Gasteiger partial charge < -0.3 is 15.4 Å². The number of ether oxygens (including phenoxy) is 1. The number of hydrogen-bond donors (Lipinski definition) is 2. The molecule has 0 heterocycles. The maximum atomic E-state index is 12.4. The van der Waals surface area contributed by atoms with Crippen molar-refractivity contribution in [2.45, 2.75) is 0 Å². The molecule has 5 heteroatoms. The molecule has 1 amide bonds. The summed E-state index contributed by atoms with van der Waals surface area (Å²) in [6, 6.07) is 22.6. The minimum atomic E-state index is -0.203. The van der Waals surface area contributed by atoms with Crippen molar-refractivity contribution in [2.75, 3.05) is 17.7 Å². The number of rotatable bonds is 5. The first-order valence-electron chi connectivity index (χ1n) is 7.73. The van der Waals surface area contributed by atoms with Gasteiger partial charge in [0.1, 0.15) is 5.75 Å². The van der Waals surface area contributed by atoms with E-state index in [0.717, 1.165) is 21.5 Å². The molecule has 0 atom stereocenters. The van der Waals surface area contributed by atoms with Crippen LogP contribution in [0.15, 0.2) is 77.3 Å². The molecule has 3 rings (SSSR count). The van der Waals surface area contributed by atoms with E-state index in [9.17, 15) is 4.79 Å². The Morgan fingerprint density at radius 2 is 1.40 bits per heavy atom. The summed E-state index contributed by atoms with van der Waals surface area (Å²) >= 11 is 3.42. The largest absolute Gasteiger partial charge is 0.496 e. The van der Waals surface area contributed by atoms with Crippen LogP contribution in [0, 0.1) is 0 Å². The molecule has 0 aliphatic heterocycles.